The third kappa shape index (κ3) is 6.69. The first-order valence-electron chi connectivity index (χ1n) is 10.7. The second-order valence-corrected chi connectivity index (χ2v) is 8.06. The molecule has 6 nitrogen and oxygen atoms in total. The van der Waals surface area contributed by atoms with E-state index in [1.807, 2.05) is 25.0 Å². The molecule has 2 atom stereocenters. The highest BCUT2D eigenvalue weighted by atomic mass is 15.3. The van der Waals surface area contributed by atoms with Crippen molar-refractivity contribution < 1.29 is 0 Å². The van der Waals surface area contributed by atoms with Gasteiger partial charge in [0, 0.05) is 44.9 Å². The van der Waals surface area contributed by atoms with Gasteiger partial charge in [-0.05, 0) is 31.6 Å². The summed E-state index contributed by atoms with van der Waals surface area (Å²) in [5.41, 5.74) is 3.85. The molecule has 0 aliphatic rings. The van der Waals surface area contributed by atoms with Crippen LogP contribution in [0.3, 0.4) is 0 Å². The molecule has 0 bridgehead atoms. The van der Waals surface area contributed by atoms with Gasteiger partial charge in [-0.25, -0.2) is 0 Å². The number of aromatic nitrogens is 2. The molecule has 3 aromatic rings. The molecule has 0 spiro atoms. The van der Waals surface area contributed by atoms with Gasteiger partial charge >= 0.3 is 0 Å². The highest BCUT2D eigenvalue weighted by molar-refractivity contribution is 5.79. The summed E-state index contributed by atoms with van der Waals surface area (Å²) in [7, 11) is 7.93. The van der Waals surface area contributed by atoms with Crippen LogP contribution in [0.2, 0.25) is 0 Å². The van der Waals surface area contributed by atoms with Gasteiger partial charge in [-0.15, -0.1) is 0 Å². The summed E-state index contributed by atoms with van der Waals surface area (Å²) in [6.07, 6.45) is 4.96. The first kappa shape index (κ1) is 22.6. The van der Waals surface area contributed by atoms with Crippen molar-refractivity contribution in [2.24, 2.45) is 12.0 Å². The predicted molar refractivity (Wildman–Crippen MR) is 128 cm³/mol. The van der Waals surface area contributed by atoms with E-state index < -0.39 is 0 Å². The Kier molecular flexibility index (Phi) is 8.24. The molecule has 1 aromatic heterocycles. The van der Waals surface area contributed by atoms with Crippen molar-refractivity contribution in [1.82, 2.24) is 25.3 Å². The second-order valence-electron chi connectivity index (χ2n) is 8.06. The van der Waals surface area contributed by atoms with E-state index in [1.165, 1.54) is 16.7 Å². The Bertz CT molecular complexity index is 933. The van der Waals surface area contributed by atoms with Gasteiger partial charge < -0.3 is 15.5 Å². The highest BCUT2D eigenvalue weighted by Crippen LogP contribution is 2.20. The topological polar surface area (TPSA) is 57.5 Å². The SMILES string of the molecule is CN=C(NCC(Cc1ccccc1)c1ccccc1)NCC(c1cnn(C)c1)N(C)C. The standard InChI is InChI=1S/C25H34N6/c1-26-25(28-18-24(30(2)3)23-17-29-31(4)19-23)27-16-22(21-13-9-6-10-14-21)15-20-11-7-5-8-12-20/h5-14,17,19,22,24H,15-16,18H2,1-4H3,(H2,26,27,28). The summed E-state index contributed by atoms with van der Waals surface area (Å²) >= 11 is 0. The average molecular weight is 419 g/mol. The van der Waals surface area contributed by atoms with Crippen molar-refractivity contribution in [2.45, 2.75) is 18.4 Å². The highest BCUT2D eigenvalue weighted by Gasteiger charge is 2.17. The fourth-order valence-corrected chi connectivity index (χ4v) is 3.78. The van der Waals surface area contributed by atoms with Crippen LogP contribution in [-0.4, -0.2) is 54.9 Å². The largest absolute Gasteiger partial charge is 0.356 e. The third-order valence-electron chi connectivity index (χ3n) is 5.53. The summed E-state index contributed by atoms with van der Waals surface area (Å²) in [4.78, 5) is 6.64. The molecule has 2 N–H and O–H groups in total. The van der Waals surface area contributed by atoms with Crippen molar-refractivity contribution in [3.05, 3.63) is 89.7 Å². The summed E-state index contributed by atoms with van der Waals surface area (Å²) in [6.45, 7) is 1.55. The van der Waals surface area contributed by atoms with Gasteiger partial charge in [-0.1, -0.05) is 60.7 Å². The van der Waals surface area contributed by atoms with Crippen LogP contribution in [0.25, 0.3) is 0 Å². The molecule has 164 valence electrons. The van der Waals surface area contributed by atoms with E-state index in [0.29, 0.717) is 5.92 Å². The van der Waals surface area contributed by atoms with E-state index in [2.05, 4.69) is 107 Å². The van der Waals surface area contributed by atoms with E-state index in [9.17, 15) is 0 Å². The molecule has 3 rings (SSSR count). The molecule has 0 radical (unpaired) electrons. The maximum Gasteiger partial charge on any atom is 0.191 e. The summed E-state index contributed by atoms with van der Waals surface area (Å²) in [6, 6.07) is 21.6. The fourth-order valence-electron chi connectivity index (χ4n) is 3.78. The zero-order valence-corrected chi connectivity index (χ0v) is 19.0. The maximum atomic E-state index is 4.45. The molecule has 0 saturated heterocycles. The lowest BCUT2D eigenvalue weighted by Gasteiger charge is -2.25. The van der Waals surface area contributed by atoms with Gasteiger partial charge in [0.25, 0.3) is 0 Å². The van der Waals surface area contributed by atoms with E-state index in [0.717, 1.165) is 25.5 Å². The van der Waals surface area contributed by atoms with Crippen LogP contribution >= 0.6 is 0 Å². The van der Waals surface area contributed by atoms with Crippen molar-refractivity contribution >= 4 is 5.96 Å². The average Bonchev–Trinajstić information content (AvgIpc) is 3.22. The summed E-state index contributed by atoms with van der Waals surface area (Å²) < 4.78 is 1.84. The summed E-state index contributed by atoms with van der Waals surface area (Å²) in [5.74, 6) is 1.16. The van der Waals surface area contributed by atoms with Gasteiger partial charge in [0.05, 0.1) is 12.2 Å². The maximum absolute atomic E-state index is 4.45. The molecular formula is C25H34N6. The smallest absolute Gasteiger partial charge is 0.191 e. The minimum absolute atomic E-state index is 0.210. The van der Waals surface area contributed by atoms with Crippen LogP contribution in [0.4, 0.5) is 0 Å². The molecule has 0 aliphatic heterocycles. The Labute approximate surface area is 186 Å². The van der Waals surface area contributed by atoms with Gasteiger partial charge in [0.2, 0.25) is 0 Å². The van der Waals surface area contributed by atoms with Crippen LogP contribution in [0.15, 0.2) is 78.0 Å². The number of hydrogen-bond acceptors (Lipinski definition) is 3. The number of guanidine groups is 1. The molecule has 0 saturated carbocycles. The Hall–Kier alpha value is -3.12. The Balaban J connectivity index is 1.63. The van der Waals surface area contributed by atoms with Crippen LogP contribution in [0.1, 0.15) is 28.7 Å². The lowest BCUT2D eigenvalue weighted by Crippen LogP contribution is -2.43. The zero-order chi connectivity index (χ0) is 22.1. The molecule has 1 heterocycles. The zero-order valence-electron chi connectivity index (χ0n) is 19.0. The number of rotatable bonds is 9. The van der Waals surface area contributed by atoms with E-state index in [4.69, 9.17) is 0 Å². The Morgan fingerprint density at radius 3 is 2.19 bits per heavy atom. The summed E-state index contributed by atoms with van der Waals surface area (Å²) in [5, 5.41) is 11.3. The fraction of sp³-hybridized carbons (Fsp3) is 0.360. The van der Waals surface area contributed by atoms with Crippen molar-refractivity contribution in [1.29, 1.82) is 0 Å². The number of nitrogens with zero attached hydrogens (tertiary/aromatic N) is 4. The monoisotopic (exact) mass is 418 g/mol. The number of benzene rings is 2. The lowest BCUT2D eigenvalue weighted by atomic mass is 9.92. The van der Waals surface area contributed by atoms with Gasteiger partial charge in [0.15, 0.2) is 5.96 Å². The number of aryl methyl sites for hydroxylation is 1. The first-order valence-corrected chi connectivity index (χ1v) is 10.7. The molecule has 0 amide bonds. The Morgan fingerprint density at radius 2 is 1.61 bits per heavy atom. The first-order chi connectivity index (χ1) is 15.1. The molecule has 0 fully saturated rings. The third-order valence-corrected chi connectivity index (χ3v) is 5.53. The van der Waals surface area contributed by atoms with Crippen LogP contribution in [0.5, 0.6) is 0 Å². The molecular weight excluding hydrogens is 384 g/mol. The van der Waals surface area contributed by atoms with E-state index in [-0.39, 0.29) is 6.04 Å². The molecule has 6 heteroatoms. The number of nitrogens with one attached hydrogen (secondary N) is 2. The molecule has 2 aromatic carbocycles. The van der Waals surface area contributed by atoms with Crippen LogP contribution in [-0.2, 0) is 13.5 Å². The number of aliphatic imine (C=N–C) groups is 1. The predicted octanol–water partition coefficient (Wildman–Crippen LogP) is 3.21. The molecule has 2 unspecified atom stereocenters. The van der Waals surface area contributed by atoms with Crippen molar-refractivity contribution in [2.75, 3.05) is 34.2 Å². The normalized spacial score (nSPS) is 13.8. The molecule has 0 aliphatic carbocycles. The van der Waals surface area contributed by atoms with Crippen molar-refractivity contribution in [3.63, 3.8) is 0 Å². The number of likely N-dealkylation sites (N-methyl/N-ethyl adjacent to an activating group) is 1. The van der Waals surface area contributed by atoms with Crippen LogP contribution in [0, 0.1) is 0 Å². The number of hydrogen-bond donors (Lipinski definition) is 2. The van der Waals surface area contributed by atoms with E-state index in [1.54, 1.807) is 0 Å². The van der Waals surface area contributed by atoms with Gasteiger partial charge in [-0.3, -0.25) is 9.67 Å². The van der Waals surface area contributed by atoms with Crippen LogP contribution < -0.4 is 10.6 Å². The van der Waals surface area contributed by atoms with E-state index >= 15 is 0 Å². The van der Waals surface area contributed by atoms with Gasteiger partial charge in [0.1, 0.15) is 0 Å². The van der Waals surface area contributed by atoms with Gasteiger partial charge in [-0.2, -0.15) is 5.10 Å². The second kappa shape index (κ2) is 11.3. The quantitative estimate of drug-likeness (QED) is 0.414. The van der Waals surface area contributed by atoms with Crippen molar-refractivity contribution in [3.8, 4) is 0 Å². The minimum Gasteiger partial charge on any atom is -0.356 e. The Morgan fingerprint density at radius 1 is 0.968 bits per heavy atom. The molecule has 31 heavy (non-hydrogen) atoms. The minimum atomic E-state index is 0.210. The lowest BCUT2D eigenvalue weighted by molar-refractivity contribution is 0.298.